The molecule has 1 aromatic carbocycles. The third-order valence-electron chi connectivity index (χ3n) is 1.61. The van der Waals surface area contributed by atoms with Crippen molar-refractivity contribution < 1.29 is 14.6 Å². The van der Waals surface area contributed by atoms with Gasteiger partial charge in [0.25, 0.3) is 0 Å². The molecule has 0 spiro atoms. The van der Waals surface area contributed by atoms with E-state index in [1.54, 1.807) is 6.08 Å². The van der Waals surface area contributed by atoms with E-state index in [0.29, 0.717) is 18.0 Å². The van der Waals surface area contributed by atoms with Gasteiger partial charge in [0.15, 0.2) is 0 Å². The summed E-state index contributed by atoms with van der Waals surface area (Å²) in [5.41, 5.74) is 6.04. The SMILES string of the molecule is C=CCOc1ccc(C(=O)O)cc1N. The number of anilines is 1. The minimum Gasteiger partial charge on any atom is -0.487 e. The molecule has 0 aliphatic carbocycles. The van der Waals surface area contributed by atoms with Gasteiger partial charge >= 0.3 is 5.97 Å². The highest BCUT2D eigenvalue weighted by molar-refractivity contribution is 5.89. The lowest BCUT2D eigenvalue weighted by atomic mass is 10.2. The molecule has 74 valence electrons. The molecule has 4 heteroatoms. The molecule has 0 aromatic heterocycles. The van der Waals surface area contributed by atoms with Gasteiger partial charge in [0.2, 0.25) is 0 Å². The molecule has 0 bridgehead atoms. The second-order valence-corrected chi connectivity index (χ2v) is 2.66. The Morgan fingerprint density at radius 3 is 2.86 bits per heavy atom. The van der Waals surface area contributed by atoms with Crippen molar-refractivity contribution in [3.05, 3.63) is 36.4 Å². The van der Waals surface area contributed by atoms with E-state index in [1.807, 2.05) is 0 Å². The number of benzene rings is 1. The lowest BCUT2D eigenvalue weighted by Gasteiger charge is -2.06. The lowest BCUT2D eigenvalue weighted by Crippen LogP contribution is -2.01. The van der Waals surface area contributed by atoms with Crippen molar-refractivity contribution in [3.63, 3.8) is 0 Å². The van der Waals surface area contributed by atoms with Crippen LogP contribution in [-0.4, -0.2) is 17.7 Å². The molecule has 0 saturated heterocycles. The summed E-state index contributed by atoms with van der Waals surface area (Å²) in [6.45, 7) is 3.84. The zero-order chi connectivity index (χ0) is 10.6. The number of carboxylic acids is 1. The van der Waals surface area contributed by atoms with Gasteiger partial charge < -0.3 is 15.6 Å². The zero-order valence-corrected chi connectivity index (χ0v) is 7.56. The molecule has 1 rings (SSSR count). The molecule has 0 radical (unpaired) electrons. The average molecular weight is 193 g/mol. The Bertz CT molecular complexity index is 360. The molecular weight excluding hydrogens is 182 g/mol. The summed E-state index contributed by atoms with van der Waals surface area (Å²) < 4.78 is 5.18. The molecule has 0 amide bonds. The van der Waals surface area contributed by atoms with Crippen molar-refractivity contribution in [3.8, 4) is 5.75 Å². The Hall–Kier alpha value is -1.97. The first-order valence-corrected chi connectivity index (χ1v) is 4.01. The van der Waals surface area contributed by atoms with Crippen LogP contribution in [0.1, 0.15) is 10.4 Å². The highest BCUT2D eigenvalue weighted by atomic mass is 16.5. The van der Waals surface area contributed by atoms with Crippen LogP contribution in [0.25, 0.3) is 0 Å². The standard InChI is InChI=1S/C10H11NO3/c1-2-5-14-9-4-3-7(10(12)13)6-8(9)11/h2-4,6H,1,5,11H2,(H,12,13). The Labute approximate surface area is 81.6 Å². The normalized spacial score (nSPS) is 9.43. The molecule has 0 atom stereocenters. The number of aromatic carboxylic acids is 1. The quantitative estimate of drug-likeness (QED) is 0.561. The van der Waals surface area contributed by atoms with Crippen LogP contribution in [0.2, 0.25) is 0 Å². The van der Waals surface area contributed by atoms with Crippen LogP contribution in [0.3, 0.4) is 0 Å². The van der Waals surface area contributed by atoms with Crippen molar-refractivity contribution in [1.82, 2.24) is 0 Å². The predicted molar refractivity (Wildman–Crippen MR) is 53.5 cm³/mol. The second kappa shape index (κ2) is 4.32. The molecule has 0 aliphatic rings. The zero-order valence-electron chi connectivity index (χ0n) is 7.56. The summed E-state index contributed by atoms with van der Waals surface area (Å²) in [6.07, 6.45) is 1.59. The average Bonchev–Trinajstić information content (AvgIpc) is 2.15. The second-order valence-electron chi connectivity index (χ2n) is 2.66. The molecule has 0 aliphatic heterocycles. The van der Waals surface area contributed by atoms with Gasteiger partial charge in [-0.3, -0.25) is 0 Å². The van der Waals surface area contributed by atoms with E-state index in [2.05, 4.69) is 6.58 Å². The van der Waals surface area contributed by atoms with Crippen molar-refractivity contribution in [2.45, 2.75) is 0 Å². The highest BCUT2D eigenvalue weighted by Crippen LogP contribution is 2.22. The Balaban J connectivity index is 2.89. The Morgan fingerprint density at radius 2 is 2.36 bits per heavy atom. The smallest absolute Gasteiger partial charge is 0.335 e. The van der Waals surface area contributed by atoms with E-state index in [4.69, 9.17) is 15.6 Å². The van der Waals surface area contributed by atoms with Gasteiger partial charge in [-0.25, -0.2) is 4.79 Å². The summed E-state index contributed by atoms with van der Waals surface area (Å²) in [6, 6.07) is 4.33. The van der Waals surface area contributed by atoms with E-state index in [9.17, 15) is 4.79 Å². The molecule has 0 saturated carbocycles. The van der Waals surface area contributed by atoms with Gasteiger partial charge in [0.05, 0.1) is 11.3 Å². The number of hydrogen-bond acceptors (Lipinski definition) is 3. The number of hydrogen-bond donors (Lipinski definition) is 2. The molecule has 1 aromatic rings. The van der Waals surface area contributed by atoms with Crippen LogP contribution in [0, 0.1) is 0 Å². The molecule has 14 heavy (non-hydrogen) atoms. The minimum atomic E-state index is -1.01. The fourth-order valence-corrected chi connectivity index (χ4v) is 0.962. The third-order valence-corrected chi connectivity index (χ3v) is 1.61. The van der Waals surface area contributed by atoms with Crippen molar-refractivity contribution in [2.75, 3.05) is 12.3 Å². The van der Waals surface area contributed by atoms with E-state index in [-0.39, 0.29) is 5.56 Å². The summed E-state index contributed by atoms with van der Waals surface area (Å²) in [7, 11) is 0. The fourth-order valence-electron chi connectivity index (χ4n) is 0.962. The summed E-state index contributed by atoms with van der Waals surface area (Å²) in [5.74, 6) is -0.540. The van der Waals surface area contributed by atoms with Crippen LogP contribution < -0.4 is 10.5 Å². The fraction of sp³-hybridized carbons (Fsp3) is 0.100. The van der Waals surface area contributed by atoms with Crippen molar-refractivity contribution in [1.29, 1.82) is 0 Å². The molecule has 0 heterocycles. The van der Waals surface area contributed by atoms with Crippen LogP contribution in [0.15, 0.2) is 30.9 Å². The number of rotatable bonds is 4. The molecule has 0 fully saturated rings. The van der Waals surface area contributed by atoms with Gasteiger partial charge in [-0.1, -0.05) is 12.7 Å². The topological polar surface area (TPSA) is 72.5 Å². The summed E-state index contributed by atoms with van der Waals surface area (Å²) in [5, 5.41) is 8.66. The first-order valence-electron chi connectivity index (χ1n) is 4.01. The maximum atomic E-state index is 10.6. The predicted octanol–water partition coefficient (Wildman–Crippen LogP) is 1.53. The van der Waals surface area contributed by atoms with Gasteiger partial charge in [-0.15, -0.1) is 0 Å². The number of nitrogen functional groups attached to an aromatic ring is 1. The van der Waals surface area contributed by atoms with Gasteiger partial charge in [0, 0.05) is 0 Å². The number of ether oxygens (including phenoxy) is 1. The number of carboxylic acid groups (broad SMARTS) is 1. The van der Waals surface area contributed by atoms with E-state index >= 15 is 0 Å². The van der Waals surface area contributed by atoms with Crippen molar-refractivity contribution in [2.24, 2.45) is 0 Å². The van der Waals surface area contributed by atoms with Crippen LogP contribution in [0.4, 0.5) is 5.69 Å². The highest BCUT2D eigenvalue weighted by Gasteiger charge is 2.06. The summed E-state index contributed by atoms with van der Waals surface area (Å²) in [4.78, 5) is 10.6. The summed E-state index contributed by atoms with van der Waals surface area (Å²) >= 11 is 0. The molecular formula is C10H11NO3. The first-order chi connectivity index (χ1) is 6.65. The number of carbonyl (C=O) groups is 1. The lowest BCUT2D eigenvalue weighted by molar-refractivity contribution is 0.0697. The molecule has 3 N–H and O–H groups in total. The molecule has 0 unspecified atom stereocenters. The Kier molecular flexibility index (Phi) is 3.12. The Morgan fingerprint density at radius 1 is 1.64 bits per heavy atom. The van der Waals surface area contributed by atoms with Gasteiger partial charge in [0.1, 0.15) is 12.4 Å². The van der Waals surface area contributed by atoms with E-state index in [1.165, 1.54) is 18.2 Å². The maximum Gasteiger partial charge on any atom is 0.335 e. The maximum absolute atomic E-state index is 10.6. The van der Waals surface area contributed by atoms with Crippen LogP contribution >= 0.6 is 0 Å². The minimum absolute atomic E-state index is 0.147. The number of nitrogens with two attached hydrogens (primary N) is 1. The monoisotopic (exact) mass is 193 g/mol. The molecule has 4 nitrogen and oxygen atoms in total. The first kappa shape index (κ1) is 10.1. The van der Waals surface area contributed by atoms with Crippen LogP contribution in [0.5, 0.6) is 5.75 Å². The van der Waals surface area contributed by atoms with Gasteiger partial charge in [-0.2, -0.15) is 0 Å². The van der Waals surface area contributed by atoms with E-state index < -0.39 is 5.97 Å². The third kappa shape index (κ3) is 2.26. The van der Waals surface area contributed by atoms with E-state index in [0.717, 1.165) is 0 Å². The largest absolute Gasteiger partial charge is 0.487 e. The van der Waals surface area contributed by atoms with Gasteiger partial charge in [-0.05, 0) is 18.2 Å². The van der Waals surface area contributed by atoms with Crippen LogP contribution in [-0.2, 0) is 0 Å². The van der Waals surface area contributed by atoms with Crippen molar-refractivity contribution >= 4 is 11.7 Å².